The molecule has 1 aliphatic rings. The van der Waals surface area contributed by atoms with E-state index in [-0.39, 0.29) is 0 Å². The van der Waals surface area contributed by atoms with Crippen molar-refractivity contribution in [2.75, 3.05) is 37.6 Å². The van der Waals surface area contributed by atoms with Crippen LogP contribution in [0, 0.1) is 0 Å². The molecule has 6 heteroatoms. The minimum absolute atomic E-state index is 0.650. The van der Waals surface area contributed by atoms with Crippen molar-refractivity contribution in [2.45, 2.75) is 13.5 Å². The first kappa shape index (κ1) is 17.4. The number of benzene rings is 1. The van der Waals surface area contributed by atoms with E-state index in [4.69, 9.17) is 4.99 Å². The van der Waals surface area contributed by atoms with Gasteiger partial charge in [-0.2, -0.15) is 0 Å². The monoisotopic (exact) mass is 362 g/mol. The van der Waals surface area contributed by atoms with Crippen LogP contribution in [0.4, 0.5) is 5.82 Å². The number of aromatic amines is 1. The third-order valence-corrected chi connectivity index (χ3v) is 4.87. The highest BCUT2D eigenvalue weighted by Gasteiger charge is 2.20. The van der Waals surface area contributed by atoms with E-state index in [2.05, 4.69) is 68.4 Å². The first-order chi connectivity index (χ1) is 13.3. The molecule has 0 atom stereocenters. The lowest BCUT2D eigenvalue weighted by atomic mass is 10.2. The number of rotatable bonds is 4. The minimum atomic E-state index is 0.650. The Balaban J connectivity index is 1.42. The molecule has 27 heavy (non-hydrogen) atoms. The van der Waals surface area contributed by atoms with Crippen LogP contribution in [0.1, 0.15) is 12.6 Å². The molecule has 0 bridgehead atoms. The molecule has 0 amide bonds. The Morgan fingerprint density at radius 3 is 2.67 bits per heavy atom. The second kappa shape index (κ2) is 8.12. The molecule has 0 saturated carbocycles. The lowest BCUT2D eigenvalue weighted by molar-refractivity contribution is 0.371. The fourth-order valence-electron chi connectivity index (χ4n) is 3.49. The highest BCUT2D eigenvalue weighted by atomic mass is 15.4. The van der Waals surface area contributed by atoms with Crippen molar-refractivity contribution in [3.8, 4) is 0 Å². The van der Waals surface area contributed by atoms with Crippen molar-refractivity contribution in [3.63, 3.8) is 0 Å². The Bertz CT molecular complexity index is 860. The number of H-pyrrole nitrogens is 1. The van der Waals surface area contributed by atoms with E-state index in [1.807, 2.05) is 18.3 Å². The summed E-state index contributed by atoms with van der Waals surface area (Å²) >= 11 is 0. The molecule has 1 aromatic carbocycles. The van der Waals surface area contributed by atoms with Crippen molar-refractivity contribution in [2.24, 2.45) is 4.99 Å². The topological polar surface area (TPSA) is 59.6 Å². The van der Waals surface area contributed by atoms with E-state index in [9.17, 15) is 0 Å². The van der Waals surface area contributed by atoms with Crippen molar-refractivity contribution in [1.82, 2.24) is 20.2 Å². The smallest absolute Gasteiger partial charge is 0.194 e. The molecule has 3 heterocycles. The standard InChI is InChI=1S/C21H26N6/c1-2-22-21(24-16-18-15-17-7-3-4-8-19(17)25-18)27-13-11-26(12-14-27)20-9-5-6-10-23-20/h3-10,15,25H,2,11-14,16H2,1H3,(H,22,24). The number of guanidine groups is 1. The average molecular weight is 362 g/mol. The maximum absolute atomic E-state index is 4.87. The quantitative estimate of drug-likeness (QED) is 0.553. The highest BCUT2D eigenvalue weighted by Crippen LogP contribution is 2.16. The van der Waals surface area contributed by atoms with Crippen molar-refractivity contribution in [1.29, 1.82) is 0 Å². The Morgan fingerprint density at radius 1 is 1.11 bits per heavy atom. The van der Waals surface area contributed by atoms with Gasteiger partial charge in [-0.15, -0.1) is 0 Å². The molecule has 0 radical (unpaired) electrons. The summed E-state index contributed by atoms with van der Waals surface area (Å²) in [6.45, 7) is 7.41. The number of fused-ring (bicyclic) bond motifs is 1. The Morgan fingerprint density at radius 2 is 1.93 bits per heavy atom. The summed E-state index contributed by atoms with van der Waals surface area (Å²) in [6.07, 6.45) is 1.85. The van der Waals surface area contributed by atoms with E-state index in [1.54, 1.807) is 0 Å². The molecule has 2 aromatic heterocycles. The van der Waals surface area contributed by atoms with Crippen molar-refractivity contribution < 1.29 is 0 Å². The third-order valence-electron chi connectivity index (χ3n) is 4.87. The fraction of sp³-hybridized carbons (Fsp3) is 0.333. The van der Waals surface area contributed by atoms with E-state index in [0.717, 1.165) is 55.7 Å². The van der Waals surface area contributed by atoms with Crippen LogP contribution in [0.15, 0.2) is 59.7 Å². The van der Waals surface area contributed by atoms with Gasteiger partial charge in [0, 0.05) is 50.1 Å². The molecule has 0 spiro atoms. The number of anilines is 1. The lowest BCUT2D eigenvalue weighted by Gasteiger charge is -2.37. The molecular weight excluding hydrogens is 336 g/mol. The van der Waals surface area contributed by atoms with Gasteiger partial charge in [-0.1, -0.05) is 24.3 Å². The van der Waals surface area contributed by atoms with Crippen molar-refractivity contribution in [3.05, 3.63) is 60.4 Å². The SMILES string of the molecule is CCNC(=NCc1cc2ccccc2[nH]1)N1CCN(c2ccccn2)CC1. The minimum Gasteiger partial charge on any atom is -0.357 e. The van der Waals surface area contributed by atoms with E-state index < -0.39 is 0 Å². The number of hydrogen-bond acceptors (Lipinski definition) is 3. The van der Waals surface area contributed by atoms with Crippen LogP contribution >= 0.6 is 0 Å². The van der Waals surface area contributed by atoms with Gasteiger partial charge < -0.3 is 20.1 Å². The number of piperazine rings is 1. The zero-order valence-corrected chi connectivity index (χ0v) is 15.7. The van der Waals surface area contributed by atoms with Gasteiger partial charge in [-0.25, -0.2) is 9.98 Å². The zero-order chi connectivity index (χ0) is 18.5. The second-order valence-electron chi connectivity index (χ2n) is 6.71. The van der Waals surface area contributed by atoms with Crippen LogP contribution in [0.5, 0.6) is 0 Å². The van der Waals surface area contributed by atoms with Gasteiger partial charge in [0.25, 0.3) is 0 Å². The van der Waals surface area contributed by atoms with Crippen LogP contribution in [0.2, 0.25) is 0 Å². The Labute approximate surface area is 159 Å². The van der Waals surface area contributed by atoms with E-state index in [0.29, 0.717) is 6.54 Å². The fourth-order valence-corrected chi connectivity index (χ4v) is 3.49. The number of para-hydroxylation sites is 1. The van der Waals surface area contributed by atoms with Gasteiger partial charge in [0.1, 0.15) is 5.82 Å². The summed E-state index contributed by atoms with van der Waals surface area (Å²) in [5, 5.41) is 4.67. The van der Waals surface area contributed by atoms with Crippen LogP contribution in [-0.4, -0.2) is 53.6 Å². The number of aromatic nitrogens is 2. The molecule has 4 rings (SSSR count). The largest absolute Gasteiger partial charge is 0.357 e. The van der Waals surface area contributed by atoms with E-state index >= 15 is 0 Å². The molecule has 0 unspecified atom stereocenters. The van der Waals surface area contributed by atoms with Gasteiger partial charge in [-0.05, 0) is 36.6 Å². The summed E-state index contributed by atoms with van der Waals surface area (Å²) in [6, 6.07) is 16.6. The number of aliphatic imine (C=N–C) groups is 1. The molecule has 2 N–H and O–H groups in total. The van der Waals surface area contributed by atoms with Gasteiger partial charge in [0.05, 0.1) is 6.54 Å². The molecule has 3 aromatic rings. The van der Waals surface area contributed by atoms with Crippen LogP contribution < -0.4 is 10.2 Å². The summed E-state index contributed by atoms with van der Waals surface area (Å²) in [7, 11) is 0. The van der Waals surface area contributed by atoms with Crippen LogP contribution in [-0.2, 0) is 6.54 Å². The second-order valence-corrected chi connectivity index (χ2v) is 6.71. The van der Waals surface area contributed by atoms with Crippen LogP contribution in [0.25, 0.3) is 10.9 Å². The Hall–Kier alpha value is -3.02. The van der Waals surface area contributed by atoms with Crippen molar-refractivity contribution >= 4 is 22.7 Å². The molecular formula is C21H26N6. The number of nitrogens with one attached hydrogen (secondary N) is 2. The molecule has 1 saturated heterocycles. The van der Waals surface area contributed by atoms with Gasteiger partial charge in [-0.3, -0.25) is 0 Å². The summed E-state index contributed by atoms with van der Waals surface area (Å²) in [5.41, 5.74) is 2.30. The zero-order valence-electron chi connectivity index (χ0n) is 15.7. The first-order valence-corrected chi connectivity index (χ1v) is 9.59. The summed E-state index contributed by atoms with van der Waals surface area (Å²) in [4.78, 5) is 17.5. The summed E-state index contributed by atoms with van der Waals surface area (Å²) in [5.74, 6) is 2.04. The van der Waals surface area contributed by atoms with Gasteiger partial charge in [0.15, 0.2) is 5.96 Å². The maximum atomic E-state index is 4.87. The predicted octanol–water partition coefficient (Wildman–Crippen LogP) is 2.85. The van der Waals surface area contributed by atoms with Gasteiger partial charge >= 0.3 is 0 Å². The Kier molecular flexibility index (Phi) is 5.23. The average Bonchev–Trinajstić information content (AvgIpc) is 3.15. The number of hydrogen-bond donors (Lipinski definition) is 2. The van der Waals surface area contributed by atoms with E-state index in [1.165, 1.54) is 5.39 Å². The van der Waals surface area contributed by atoms with Crippen LogP contribution in [0.3, 0.4) is 0 Å². The number of nitrogens with zero attached hydrogens (tertiary/aromatic N) is 4. The highest BCUT2D eigenvalue weighted by molar-refractivity contribution is 5.81. The summed E-state index contributed by atoms with van der Waals surface area (Å²) < 4.78 is 0. The molecule has 1 fully saturated rings. The molecule has 0 aliphatic carbocycles. The van der Waals surface area contributed by atoms with Gasteiger partial charge in [0.2, 0.25) is 0 Å². The first-order valence-electron chi connectivity index (χ1n) is 9.59. The maximum Gasteiger partial charge on any atom is 0.194 e. The third kappa shape index (κ3) is 4.05. The molecule has 1 aliphatic heterocycles. The molecule has 6 nitrogen and oxygen atoms in total. The number of pyridine rings is 1. The normalized spacial score (nSPS) is 15.4. The molecule has 140 valence electrons. The lowest BCUT2D eigenvalue weighted by Crippen LogP contribution is -2.52. The predicted molar refractivity (Wildman–Crippen MR) is 111 cm³/mol.